The molecule has 1 aromatic heterocycles. The molecule has 0 radical (unpaired) electrons. The molecule has 1 heterocycles. The van der Waals surface area contributed by atoms with E-state index in [9.17, 15) is 5.11 Å². The molecule has 2 N–H and O–H groups in total. The number of hydrogen-bond acceptors (Lipinski definition) is 3. The Balaban J connectivity index is 0.00000225. The fourth-order valence-electron chi connectivity index (χ4n) is 1.50. The number of aromatic nitrogens is 1. The molecule has 0 bridgehead atoms. The standard InChI is InChI=1S/C12H20N2O.ClH/c1-10(2)7-12(15)9-13-8-11-5-3-4-6-14-11;/h3-6,10,12-13,15H,7-9H2,1-2H3;1H. The summed E-state index contributed by atoms with van der Waals surface area (Å²) in [6.45, 7) is 5.58. The first-order valence-electron chi connectivity index (χ1n) is 5.47. The van der Waals surface area contributed by atoms with Crippen LogP contribution in [0.5, 0.6) is 0 Å². The van der Waals surface area contributed by atoms with Crippen LogP contribution in [0.1, 0.15) is 26.0 Å². The molecule has 0 saturated carbocycles. The molecular weight excluding hydrogens is 224 g/mol. The SMILES string of the molecule is CC(C)CC(O)CNCc1ccccn1.Cl. The highest BCUT2D eigenvalue weighted by Crippen LogP contribution is 2.03. The van der Waals surface area contributed by atoms with Crippen molar-refractivity contribution in [2.24, 2.45) is 5.92 Å². The third kappa shape index (κ3) is 6.77. The molecule has 4 heteroatoms. The van der Waals surface area contributed by atoms with Gasteiger partial charge in [-0.05, 0) is 24.5 Å². The minimum absolute atomic E-state index is 0. The smallest absolute Gasteiger partial charge is 0.0667 e. The van der Waals surface area contributed by atoms with Crippen LogP contribution in [-0.2, 0) is 6.54 Å². The Hall–Kier alpha value is -0.640. The zero-order chi connectivity index (χ0) is 11.1. The van der Waals surface area contributed by atoms with E-state index in [1.807, 2.05) is 18.2 Å². The third-order valence-corrected chi connectivity index (χ3v) is 2.16. The van der Waals surface area contributed by atoms with E-state index in [0.29, 0.717) is 12.5 Å². The van der Waals surface area contributed by atoms with E-state index >= 15 is 0 Å². The lowest BCUT2D eigenvalue weighted by Gasteiger charge is -2.13. The summed E-state index contributed by atoms with van der Waals surface area (Å²) in [5.74, 6) is 0.539. The normalized spacial score (nSPS) is 12.2. The van der Waals surface area contributed by atoms with Gasteiger partial charge in [-0.25, -0.2) is 0 Å². The van der Waals surface area contributed by atoms with Crippen LogP contribution in [0.15, 0.2) is 24.4 Å². The van der Waals surface area contributed by atoms with Crippen LogP contribution in [0, 0.1) is 5.92 Å². The summed E-state index contributed by atoms with van der Waals surface area (Å²) in [6.07, 6.45) is 2.37. The van der Waals surface area contributed by atoms with E-state index in [-0.39, 0.29) is 18.5 Å². The molecular formula is C12H21ClN2O. The quantitative estimate of drug-likeness (QED) is 0.805. The second kappa shape index (κ2) is 8.50. The Morgan fingerprint density at radius 3 is 2.69 bits per heavy atom. The number of rotatable bonds is 6. The van der Waals surface area contributed by atoms with Crippen molar-refractivity contribution in [1.29, 1.82) is 0 Å². The number of nitrogens with zero attached hydrogens (tertiary/aromatic N) is 1. The van der Waals surface area contributed by atoms with Crippen LogP contribution in [0.3, 0.4) is 0 Å². The van der Waals surface area contributed by atoms with Gasteiger partial charge in [0.15, 0.2) is 0 Å². The number of nitrogens with one attached hydrogen (secondary N) is 1. The van der Waals surface area contributed by atoms with Gasteiger partial charge in [-0.3, -0.25) is 4.98 Å². The molecule has 0 fully saturated rings. The van der Waals surface area contributed by atoms with Crippen LogP contribution in [0.2, 0.25) is 0 Å². The van der Waals surface area contributed by atoms with Gasteiger partial charge in [0.25, 0.3) is 0 Å². The molecule has 0 aliphatic heterocycles. The predicted octanol–water partition coefficient (Wildman–Crippen LogP) is 2.00. The Kier molecular flexibility index (Phi) is 8.16. The fraction of sp³-hybridized carbons (Fsp3) is 0.583. The Bertz CT molecular complexity index is 267. The van der Waals surface area contributed by atoms with E-state index in [2.05, 4.69) is 24.1 Å². The van der Waals surface area contributed by atoms with Gasteiger partial charge >= 0.3 is 0 Å². The van der Waals surface area contributed by atoms with Gasteiger partial charge in [0.2, 0.25) is 0 Å². The maximum absolute atomic E-state index is 9.61. The number of hydrogen-bond donors (Lipinski definition) is 2. The minimum Gasteiger partial charge on any atom is -0.392 e. The van der Waals surface area contributed by atoms with Crippen molar-refractivity contribution in [3.05, 3.63) is 30.1 Å². The first-order valence-corrected chi connectivity index (χ1v) is 5.47. The van der Waals surface area contributed by atoms with E-state index in [1.54, 1.807) is 6.20 Å². The average Bonchev–Trinajstić information content (AvgIpc) is 2.18. The molecule has 0 saturated heterocycles. The molecule has 3 nitrogen and oxygen atoms in total. The summed E-state index contributed by atoms with van der Waals surface area (Å²) >= 11 is 0. The average molecular weight is 245 g/mol. The van der Waals surface area contributed by atoms with Gasteiger partial charge in [0, 0.05) is 19.3 Å². The highest BCUT2D eigenvalue weighted by atomic mass is 35.5. The van der Waals surface area contributed by atoms with Gasteiger partial charge in [-0.15, -0.1) is 12.4 Å². The van der Waals surface area contributed by atoms with Crippen LogP contribution in [0.4, 0.5) is 0 Å². The molecule has 92 valence electrons. The zero-order valence-electron chi connectivity index (χ0n) is 9.89. The lowest BCUT2D eigenvalue weighted by molar-refractivity contribution is 0.146. The summed E-state index contributed by atoms with van der Waals surface area (Å²) in [5, 5.41) is 12.8. The fourth-order valence-corrected chi connectivity index (χ4v) is 1.50. The Morgan fingerprint density at radius 2 is 2.12 bits per heavy atom. The lowest BCUT2D eigenvalue weighted by atomic mass is 10.1. The van der Waals surface area contributed by atoms with Crippen molar-refractivity contribution >= 4 is 12.4 Å². The molecule has 0 aromatic carbocycles. The first-order chi connectivity index (χ1) is 7.18. The number of aliphatic hydroxyl groups is 1. The maximum atomic E-state index is 9.61. The van der Waals surface area contributed by atoms with Crippen LogP contribution < -0.4 is 5.32 Å². The largest absolute Gasteiger partial charge is 0.392 e. The summed E-state index contributed by atoms with van der Waals surface area (Å²) in [4.78, 5) is 4.19. The third-order valence-electron chi connectivity index (χ3n) is 2.16. The number of pyridine rings is 1. The first kappa shape index (κ1) is 15.4. The van der Waals surface area contributed by atoms with E-state index in [4.69, 9.17) is 0 Å². The molecule has 1 atom stereocenters. The van der Waals surface area contributed by atoms with Crippen molar-refractivity contribution < 1.29 is 5.11 Å². The van der Waals surface area contributed by atoms with Gasteiger partial charge in [0.05, 0.1) is 11.8 Å². The maximum Gasteiger partial charge on any atom is 0.0667 e. The van der Waals surface area contributed by atoms with Crippen LogP contribution in [-0.4, -0.2) is 22.7 Å². The highest BCUT2D eigenvalue weighted by molar-refractivity contribution is 5.85. The van der Waals surface area contributed by atoms with Crippen molar-refractivity contribution in [1.82, 2.24) is 10.3 Å². The predicted molar refractivity (Wildman–Crippen MR) is 68.7 cm³/mol. The summed E-state index contributed by atoms with van der Waals surface area (Å²) in [7, 11) is 0. The van der Waals surface area contributed by atoms with Gasteiger partial charge in [-0.1, -0.05) is 19.9 Å². The molecule has 1 aromatic rings. The molecule has 0 aliphatic carbocycles. The second-order valence-corrected chi connectivity index (χ2v) is 4.24. The monoisotopic (exact) mass is 244 g/mol. The highest BCUT2D eigenvalue weighted by Gasteiger charge is 2.05. The van der Waals surface area contributed by atoms with Gasteiger partial charge in [-0.2, -0.15) is 0 Å². The Morgan fingerprint density at radius 1 is 1.38 bits per heavy atom. The molecule has 1 rings (SSSR count). The van der Waals surface area contributed by atoms with Crippen molar-refractivity contribution in [2.45, 2.75) is 32.9 Å². The van der Waals surface area contributed by atoms with E-state index < -0.39 is 0 Å². The summed E-state index contributed by atoms with van der Waals surface area (Å²) < 4.78 is 0. The van der Waals surface area contributed by atoms with E-state index in [0.717, 1.165) is 18.7 Å². The zero-order valence-corrected chi connectivity index (χ0v) is 10.7. The minimum atomic E-state index is -0.256. The number of halogens is 1. The van der Waals surface area contributed by atoms with Gasteiger partial charge in [0.1, 0.15) is 0 Å². The molecule has 16 heavy (non-hydrogen) atoms. The molecule has 0 amide bonds. The lowest BCUT2D eigenvalue weighted by Crippen LogP contribution is -2.27. The summed E-state index contributed by atoms with van der Waals surface area (Å²) in [6, 6.07) is 5.84. The molecule has 1 unspecified atom stereocenters. The number of aliphatic hydroxyl groups excluding tert-OH is 1. The van der Waals surface area contributed by atoms with Crippen molar-refractivity contribution in [3.8, 4) is 0 Å². The topological polar surface area (TPSA) is 45.1 Å². The van der Waals surface area contributed by atoms with E-state index in [1.165, 1.54) is 0 Å². The van der Waals surface area contributed by atoms with Crippen molar-refractivity contribution in [3.63, 3.8) is 0 Å². The van der Waals surface area contributed by atoms with Gasteiger partial charge < -0.3 is 10.4 Å². The van der Waals surface area contributed by atoms with Crippen molar-refractivity contribution in [2.75, 3.05) is 6.54 Å². The Labute approximate surface area is 104 Å². The van der Waals surface area contributed by atoms with Crippen LogP contribution >= 0.6 is 12.4 Å². The molecule has 0 aliphatic rings. The molecule has 0 spiro atoms. The summed E-state index contributed by atoms with van der Waals surface area (Å²) in [5.41, 5.74) is 1.01. The second-order valence-electron chi connectivity index (χ2n) is 4.24. The van der Waals surface area contributed by atoms with Crippen LogP contribution in [0.25, 0.3) is 0 Å².